The molecule has 0 heterocycles. The summed E-state index contributed by atoms with van der Waals surface area (Å²) in [6.07, 6.45) is 0. The van der Waals surface area contributed by atoms with Crippen LogP contribution in [0.5, 0.6) is 11.5 Å². The second-order valence-corrected chi connectivity index (χ2v) is 5.27. The molecule has 1 amide bonds. The number of hydrogen-bond acceptors (Lipinski definition) is 4. The van der Waals surface area contributed by atoms with E-state index in [9.17, 15) is 13.6 Å². The van der Waals surface area contributed by atoms with E-state index in [2.05, 4.69) is 15.4 Å². The van der Waals surface area contributed by atoms with E-state index in [-0.39, 0.29) is 18.2 Å². The fourth-order valence-corrected chi connectivity index (χ4v) is 2.06. The van der Waals surface area contributed by atoms with Crippen molar-refractivity contribution in [1.29, 1.82) is 0 Å². The molecule has 0 spiro atoms. The quantitative estimate of drug-likeness (QED) is 0.682. The molecule has 2 N–H and O–H groups in total. The maximum absolute atomic E-state index is 12.0. The Bertz CT molecular complexity index is 678. The molecule has 0 aliphatic carbocycles. The van der Waals surface area contributed by atoms with Crippen LogP contribution in [-0.2, 0) is 4.79 Å². The molecule has 5 nitrogen and oxygen atoms in total. The Kier molecular flexibility index (Phi) is 7.00. The van der Waals surface area contributed by atoms with Gasteiger partial charge in [0.2, 0.25) is 5.91 Å². The van der Waals surface area contributed by atoms with Crippen molar-refractivity contribution >= 4 is 11.6 Å². The summed E-state index contributed by atoms with van der Waals surface area (Å²) in [5.41, 5.74) is 1.74. The van der Waals surface area contributed by atoms with Gasteiger partial charge in [-0.05, 0) is 48.9 Å². The zero-order chi connectivity index (χ0) is 18.1. The van der Waals surface area contributed by atoms with Gasteiger partial charge < -0.3 is 20.1 Å². The molecule has 0 radical (unpaired) electrons. The normalized spacial score (nSPS) is 10.4. The topological polar surface area (TPSA) is 59.6 Å². The van der Waals surface area contributed by atoms with Gasteiger partial charge in [-0.25, -0.2) is 0 Å². The van der Waals surface area contributed by atoms with Crippen LogP contribution in [0.25, 0.3) is 0 Å². The molecule has 0 fully saturated rings. The Morgan fingerprint density at radius 2 is 1.88 bits per heavy atom. The molecule has 2 aromatic rings. The van der Waals surface area contributed by atoms with Gasteiger partial charge in [0.25, 0.3) is 0 Å². The van der Waals surface area contributed by atoms with Crippen molar-refractivity contribution < 1.29 is 23.0 Å². The SMILES string of the molecule is Cc1cccc(OCCNC(=O)CNc2ccc(OC(F)F)cc2)c1. The summed E-state index contributed by atoms with van der Waals surface area (Å²) in [5.74, 6) is 0.637. The molecule has 134 valence electrons. The van der Waals surface area contributed by atoms with Gasteiger partial charge in [-0.3, -0.25) is 4.79 Å². The van der Waals surface area contributed by atoms with Crippen LogP contribution in [0.2, 0.25) is 0 Å². The average molecular weight is 350 g/mol. The molecule has 0 atom stereocenters. The standard InChI is InChI=1S/C18H20F2N2O3/c1-13-3-2-4-16(11-13)24-10-9-21-17(23)12-22-14-5-7-15(8-6-14)25-18(19)20/h2-8,11,18,22H,9-10,12H2,1H3,(H,21,23). The van der Waals surface area contributed by atoms with E-state index < -0.39 is 6.61 Å². The average Bonchev–Trinajstić information content (AvgIpc) is 2.58. The van der Waals surface area contributed by atoms with Gasteiger partial charge in [0.15, 0.2) is 0 Å². The molecular weight excluding hydrogens is 330 g/mol. The van der Waals surface area contributed by atoms with Crippen molar-refractivity contribution in [3.8, 4) is 11.5 Å². The lowest BCUT2D eigenvalue weighted by Crippen LogP contribution is -2.33. The summed E-state index contributed by atoms with van der Waals surface area (Å²) in [6, 6.07) is 13.6. The lowest BCUT2D eigenvalue weighted by atomic mass is 10.2. The lowest BCUT2D eigenvalue weighted by molar-refractivity contribution is -0.119. The zero-order valence-electron chi connectivity index (χ0n) is 13.8. The second kappa shape index (κ2) is 9.46. The first kappa shape index (κ1) is 18.5. The zero-order valence-corrected chi connectivity index (χ0v) is 13.8. The number of halogens is 2. The number of alkyl halides is 2. The van der Waals surface area contributed by atoms with Gasteiger partial charge in [0.05, 0.1) is 13.1 Å². The monoisotopic (exact) mass is 350 g/mol. The Morgan fingerprint density at radius 1 is 1.12 bits per heavy atom. The summed E-state index contributed by atoms with van der Waals surface area (Å²) in [5, 5.41) is 5.62. The summed E-state index contributed by atoms with van der Waals surface area (Å²) in [7, 11) is 0. The number of ether oxygens (including phenoxy) is 2. The highest BCUT2D eigenvalue weighted by Crippen LogP contribution is 2.17. The van der Waals surface area contributed by atoms with Crippen molar-refractivity contribution in [3.63, 3.8) is 0 Å². The van der Waals surface area contributed by atoms with Crippen LogP contribution in [0.15, 0.2) is 48.5 Å². The molecule has 25 heavy (non-hydrogen) atoms. The molecule has 0 aliphatic heterocycles. The van der Waals surface area contributed by atoms with Gasteiger partial charge >= 0.3 is 6.61 Å². The molecule has 0 saturated carbocycles. The molecular formula is C18H20F2N2O3. The largest absolute Gasteiger partial charge is 0.492 e. The first-order valence-corrected chi connectivity index (χ1v) is 7.78. The predicted molar refractivity (Wildman–Crippen MR) is 91.2 cm³/mol. The Balaban J connectivity index is 1.63. The van der Waals surface area contributed by atoms with Crippen LogP contribution < -0.4 is 20.1 Å². The Labute approximate surface area is 144 Å². The van der Waals surface area contributed by atoms with E-state index in [1.807, 2.05) is 31.2 Å². The molecule has 2 rings (SSSR count). The van der Waals surface area contributed by atoms with Crippen molar-refractivity contribution in [3.05, 3.63) is 54.1 Å². The van der Waals surface area contributed by atoms with Crippen molar-refractivity contribution in [2.75, 3.05) is 25.0 Å². The number of aryl methyl sites for hydroxylation is 1. The first-order chi connectivity index (χ1) is 12.0. The fraction of sp³-hybridized carbons (Fsp3) is 0.278. The molecule has 0 aliphatic rings. The molecule has 0 saturated heterocycles. The Hall–Kier alpha value is -2.83. The van der Waals surface area contributed by atoms with E-state index in [0.29, 0.717) is 18.8 Å². The number of amides is 1. The van der Waals surface area contributed by atoms with Gasteiger partial charge in [-0.2, -0.15) is 8.78 Å². The number of rotatable bonds is 9. The van der Waals surface area contributed by atoms with Crippen molar-refractivity contribution in [2.24, 2.45) is 0 Å². The summed E-state index contributed by atoms with van der Waals surface area (Å²) < 4.78 is 33.9. The summed E-state index contributed by atoms with van der Waals surface area (Å²) in [6.45, 7) is -0.0530. The summed E-state index contributed by atoms with van der Waals surface area (Å²) in [4.78, 5) is 11.7. The predicted octanol–water partition coefficient (Wildman–Crippen LogP) is 3.20. The van der Waals surface area contributed by atoms with Crippen LogP contribution in [0.3, 0.4) is 0 Å². The minimum atomic E-state index is -2.85. The highest BCUT2D eigenvalue weighted by molar-refractivity contribution is 5.80. The molecule has 0 bridgehead atoms. The van der Waals surface area contributed by atoms with E-state index in [0.717, 1.165) is 11.3 Å². The van der Waals surface area contributed by atoms with Gasteiger partial charge in [0, 0.05) is 5.69 Å². The smallest absolute Gasteiger partial charge is 0.387 e. The molecule has 0 aromatic heterocycles. The molecule has 2 aromatic carbocycles. The van der Waals surface area contributed by atoms with E-state index >= 15 is 0 Å². The third-order valence-electron chi connectivity index (χ3n) is 3.22. The first-order valence-electron chi connectivity index (χ1n) is 7.78. The number of hydrogen-bond donors (Lipinski definition) is 2. The highest BCUT2D eigenvalue weighted by atomic mass is 19.3. The Morgan fingerprint density at radius 3 is 2.56 bits per heavy atom. The third kappa shape index (κ3) is 7.07. The van der Waals surface area contributed by atoms with Gasteiger partial charge in [0.1, 0.15) is 18.1 Å². The van der Waals surface area contributed by atoms with Crippen molar-refractivity contribution in [2.45, 2.75) is 13.5 Å². The summed E-state index contributed by atoms with van der Waals surface area (Å²) >= 11 is 0. The van der Waals surface area contributed by atoms with Crippen LogP contribution in [-0.4, -0.2) is 32.2 Å². The fourth-order valence-electron chi connectivity index (χ4n) is 2.06. The van der Waals surface area contributed by atoms with Crippen LogP contribution in [0.1, 0.15) is 5.56 Å². The van der Waals surface area contributed by atoms with Gasteiger partial charge in [-0.15, -0.1) is 0 Å². The molecule has 7 heteroatoms. The maximum atomic E-state index is 12.0. The van der Waals surface area contributed by atoms with Crippen molar-refractivity contribution in [1.82, 2.24) is 5.32 Å². The lowest BCUT2D eigenvalue weighted by Gasteiger charge is -2.10. The van der Waals surface area contributed by atoms with Crippen LogP contribution in [0.4, 0.5) is 14.5 Å². The minimum Gasteiger partial charge on any atom is -0.492 e. The van der Waals surface area contributed by atoms with Crippen LogP contribution in [0, 0.1) is 6.92 Å². The number of carbonyl (C=O) groups is 1. The number of anilines is 1. The third-order valence-corrected chi connectivity index (χ3v) is 3.22. The number of carbonyl (C=O) groups excluding carboxylic acids is 1. The van der Waals surface area contributed by atoms with Crippen LogP contribution >= 0.6 is 0 Å². The van der Waals surface area contributed by atoms with E-state index in [1.54, 1.807) is 12.1 Å². The second-order valence-electron chi connectivity index (χ2n) is 5.27. The highest BCUT2D eigenvalue weighted by Gasteiger charge is 2.05. The minimum absolute atomic E-state index is 0.0679. The number of nitrogens with one attached hydrogen (secondary N) is 2. The van der Waals surface area contributed by atoms with E-state index in [1.165, 1.54) is 12.1 Å². The maximum Gasteiger partial charge on any atom is 0.387 e. The molecule has 0 unspecified atom stereocenters. The van der Waals surface area contributed by atoms with Gasteiger partial charge in [-0.1, -0.05) is 12.1 Å². The number of benzene rings is 2. The van der Waals surface area contributed by atoms with E-state index in [4.69, 9.17) is 4.74 Å².